The van der Waals surface area contributed by atoms with Gasteiger partial charge in [0.2, 0.25) is 0 Å². The Morgan fingerprint density at radius 2 is 2.29 bits per heavy atom. The second kappa shape index (κ2) is 3.89. The Balaban J connectivity index is 2.24. The van der Waals surface area contributed by atoms with E-state index >= 15 is 0 Å². The Morgan fingerprint density at radius 1 is 1.43 bits per heavy atom. The molecule has 14 heavy (non-hydrogen) atoms. The minimum absolute atomic E-state index is 0.603. The van der Waals surface area contributed by atoms with E-state index < -0.39 is 0 Å². The van der Waals surface area contributed by atoms with E-state index in [0.29, 0.717) is 6.54 Å². The van der Waals surface area contributed by atoms with Gasteiger partial charge in [-0.2, -0.15) is 0 Å². The standard InChI is InChI=1S/C9H11N3OS/c1-6-2-3-7(13-6)9-12-11-8(14-9)4-5-10/h2-3H,4-5,10H2,1H3. The Bertz CT molecular complexity index is 421. The van der Waals surface area contributed by atoms with Gasteiger partial charge in [-0.1, -0.05) is 11.3 Å². The third kappa shape index (κ3) is 1.83. The molecule has 0 aromatic carbocycles. The van der Waals surface area contributed by atoms with Gasteiger partial charge >= 0.3 is 0 Å². The number of nitrogens with two attached hydrogens (primary N) is 1. The summed E-state index contributed by atoms with van der Waals surface area (Å²) in [7, 11) is 0. The number of hydrogen-bond donors (Lipinski definition) is 1. The molecule has 2 rings (SSSR count). The number of hydrogen-bond acceptors (Lipinski definition) is 5. The summed E-state index contributed by atoms with van der Waals surface area (Å²) in [4.78, 5) is 0. The predicted octanol–water partition coefficient (Wildman–Crippen LogP) is 1.61. The SMILES string of the molecule is Cc1ccc(-c2nnc(CCN)s2)o1. The molecule has 2 aromatic heterocycles. The molecule has 0 aliphatic heterocycles. The lowest BCUT2D eigenvalue weighted by atomic mass is 10.4. The first-order chi connectivity index (χ1) is 6.79. The molecule has 0 unspecified atom stereocenters. The fourth-order valence-corrected chi connectivity index (χ4v) is 1.94. The molecular weight excluding hydrogens is 198 g/mol. The van der Waals surface area contributed by atoms with E-state index in [4.69, 9.17) is 10.2 Å². The largest absolute Gasteiger partial charge is 0.459 e. The van der Waals surface area contributed by atoms with Crippen molar-refractivity contribution in [3.8, 4) is 10.8 Å². The van der Waals surface area contributed by atoms with Crippen LogP contribution in [0.3, 0.4) is 0 Å². The molecule has 0 saturated heterocycles. The minimum atomic E-state index is 0.603. The van der Waals surface area contributed by atoms with Crippen LogP contribution in [0.5, 0.6) is 0 Å². The van der Waals surface area contributed by atoms with Crippen LogP contribution in [0.1, 0.15) is 10.8 Å². The summed E-state index contributed by atoms with van der Waals surface area (Å²) in [6.07, 6.45) is 0.775. The van der Waals surface area contributed by atoms with Crippen LogP contribution in [0, 0.1) is 6.92 Å². The van der Waals surface area contributed by atoms with Gasteiger partial charge in [0, 0.05) is 6.42 Å². The maximum Gasteiger partial charge on any atom is 0.183 e. The van der Waals surface area contributed by atoms with Gasteiger partial charge in [-0.05, 0) is 25.6 Å². The van der Waals surface area contributed by atoms with Crippen molar-refractivity contribution in [2.75, 3.05) is 6.54 Å². The molecule has 0 spiro atoms. The Kier molecular flexibility index (Phi) is 2.60. The van der Waals surface area contributed by atoms with Crippen LogP contribution < -0.4 is 5.73 Å². The molecule has 2 aromatic rings. The maximum absolute atomic E-state index is 5.44. The fourth-order valence-electron chi connectivity index (χ4n) is 1.13. The summed E-state index contributed by atoms with van der Waals surface area (Å²) in [5.41, 5.74) is 5.43. The van der Waals surface area contributed by atoms with Crippen LogP contribution >= 0.6 is 11.3 Å². The van der Waals surface area contributed by atoms with E-state index in [2.05, 4.69) is 10.2 Å². The van der Waals surface area contributed by atoms with Gasteiger partial charge in [0.05, 0.1) is 0 Å². The number of aromatic nitrogens is 2. The van der Waals surface area contributed by atoms with E-state index in [9.17, 15) is 0 Å². The highest BCUT2D eigenvalue weighted by atomic mass is 32.1. The normalized spacial score (nSPS) is 10.7. The van der Waals surface area contributed by atoms with Crippen molar-refractivity contribution >= 4 is 11.3 Å². The van der Waals surface area contributed by atoms with Crippen LogP contribution in [0.25, 0.3) is 10.8 Å². The molecule has 0 amide bonds. The second-order valence-corrected chi connectivity index (χ2v) is 4.01. The van der Waals surface area contributed by atoms with E-state index in [1.54, 1.807) is 0 Å². The highest BCUT2D eigenvalue weighted by Crippen LogP contribution is 2.25. The van der Waals surface area contributed by atoms with E-state index in [1.807, 2.05) is 19.1 Å². The molecule has 0 atom stereocenters. The highest BCUT2D eigenvalue weighted by molar-refractivity contribution is 7.14. The van der Waals surface area contributed by atoms with Crippen molar-refractivity contribution in [3.05, 3.63) is 22.9 Å². The van der Waals surface area contributed by atoms with Crippen molar-refractivity contribution in [3.63, 3.8) is 0 Å². The minimum Gasteiger partial charge on any atom is -0.459 e. The van der Waals surface area contributed by atoms with Crippen LogP contribution in [-0.2, 0) is 6.42 Å². The summed E-state index contributed by atoms with van der Waals surface area (Å²) in [5, 5.41) is 9.83. The van der Waals surface area contributed by atoms with Gasteiger partial charge in [0.1, 0.15) is 10.8 Å². The lowest BCUT2D eigenvalue weighted by Gasteiger charge is -1.86. The van der Waals surface area contributed by atoms with E-state index in [1.165, 1.54) is 11.3 Å². The zero-order valence-electron chi connectivity index (χ0n) is 7.86. The average Bonchev–Trinajstić information content (AvgIpc) is 2.74. The Hall–Kier alpha value is -1.20. The number of aryl methyl sites for hydroxylation is 1. The third-order valence-corrected chi connectivity index (χ3v) is 2.77. The van der Waals surface area contributed by atoms with Gasteiger partial charge in [-0.3, -0.25) is 0 Å². The van der Waals surface area contributed by atoms with Crippen LogP contribution in [0.15, 0.2) is 16.5 Å². The van der Waals surface area contributed by atoms with Crippen molar-refractivity contribution < 1.29 is 4.42 Å². The first-order valence-corrected chi connectivity index (χ1v) is 5.20. The van der Waals surface area contributed by atoms with Crippen LogP contribution in [0.2, 0.25) is 0 Å². The third-order valence-electron chi connectivity index (χ3n) is 1.78. The van der Waals surface area contributed by atoms with E-state index in [-0.39, 0.29) is 0 Å². The number of furan rings is 1. The maximum atomic E-state index is 5.44. The molecular formula is C9H11N3OS. The van der Waals surface area contributed by atoms with Crippen molar-refractivity contribution in [1.82, 2.24) is 10.2 Å². The topological polar surface area (TPSA) is 64.9 Å². The molecule has 5 heteroatoms. The zero-order chi connectivity index (χ0) is 9.97. The van der Waals surface area contributed by atoms with Gasteiger partial charge in [-0.25, -0.2) is 0 Å². The van der Waals surface area contributed by atoms with Gasteiger partial charge < -0.3 is 10.2 Å². The fraction of sp³-hybridized carbons (Fsp3) is 0.333. The molecule has 0 saturated carbocycles. The summed E-state index contributed by atoms with van der Waals surface area (Å²) in [5.74, 6) is 1.67. The second-order valence-electron chi connectivity index (χ2n) is 2.95. The van der Waals surface area contributed by atoms with Crippen LogP contribution in [-0.4, -0.2) is 16.7 Å². The van der Waals surface area contributed by atoms with Crippen molar-refractivity contribution in [2.24, 2.45) is 5.73 Å². The molecule has 0 aliphatic carbocycles. The molecule has 2 N–H and O–H groups in total. The monoisotopic (exact) mass is 209 g/mol. The molecule has 0 aliphatic rings. The molecule has 4 nitrogen and oxygen atoms in total. The molecule has 2 heterocycles. The lowest BCUT2D eigenvalue weighted by Crippen LogP contribution is -2.01. The quantitative estimate of drug-likeness (QED) is 0.834. The Morgan fingerprint density at radius 3 is 2.93 bits per heavy atom. The summed E-state index contributed by atoms with van der Waals surface area (Å²) in [6, 6.07) is 3.82. The van der Waals surface area contributed by atoms with Crippen LogP contribution in [0.4, 0.5) is 0 Å². The molecule has 0 bridgehead atoms. The number of rotatable bonds is 3. The highest BCUT2D eigenvalue weighted by Gasteiger charge is 2.08. The molecule has 74 valence electrons. The summed E-state index contributed by atoms with van der Waals surface area (Å²) in [6.45, 7) is 2.51. The van der Waals surface area contributed by atoms with E-state index in [0.717, 1.165) is 28.0 Å². The van der Waals surface area contributed by atoms with Gasteiger partial charge in [0.25, 0.3) is 0 Å². The number of nitrogens with zero attached hydrogens (tertiary/aromatic N) is 2. The predicted molar refractivity (Wildman–Crippen MR) is 55.1 cm³/mol. The Labute approximate surface area is 85.8 Å². The lowest BCUT2D eigenvalue weighted by molar-refractivity contribution is 0.547. The zero-order valence-corrected chi connectivity index (χ0v) is 8.67. The van der Waals surface area contributed by atoms with Crippen molar-refractivity contribution in [1.29, 1.82) is 0 Å². The van der Waals surface area contributed by atoms with Crippen molar-refractivity contribution in [2.45, 2.75) is 13.3 Å². The first-order valence-electron chi connectivity index (χ1n) is 4.39. The summed E-state index contributed by atoms with van der Waals surface area (Å²) >= 11 is 1.53. The smallest absolute Gasteiger partial charge is 0.183 e. The van der Waals surface area contributed by atoms with Gasteiger partial charge in [0.15, 0.2) is 10.8 Å². The van der Waals surface area contributed by atoms with Gasteiger partial charge in [-0.15, -0.1) is 10.2 Å². The average molecular weight is 209 g/mol. The molecule has 0 fully saturated rings. The molecule has 0 radical (unpaired) electrons. The first kappa shape index (κ1) is 9.36. The summed E-state index contributed by atoms with van der Waals surface area (Å²) < 4.78 is 5.44.